The third kappa shape index (κ3) is 4.79. The SMILES string of the molecule is Nc1cccc(Oc2ccc(S(=O)(=O)c3ccc(Oc4cccc(N)c4)cc3)cc2)c1. The molecule has 0 aliphatic rings. The molecule has 4 aromatic carbocycles. The van der Waals surface area contributed by atoms with Crippen LogP contribution in [0.2, 0.25) is 0 Å². The lowest BCUT2D eigenvalue weighted by molar-refractivity contribution is 0.482. The summed E-state index contributed by atoms with van der Waals surface area (Å²) in [4.78, 5) is 0.328. The third-order valence-electron chi connectivity index (χ3n) is 4.46. The number of anilines is 2. The predicted molar refractivity (Wildman–Crippen MR) is 120 cm³/mol. The van der Waals surface area contributed by atoms with E-state index in [0.29, 0.717) is 34.4 Å². The second kappa shape index (κ2) is 8.41. The lowest BCUT2D eigenvalue weighted by Gasteiger charge is -2.10. The maximum atomic E-state index is 12.9. The van der Waals surface area contributed by atoms with Crippen LogP contribution in [-0.4, -0.2) is 8.42 Å². The smallest absolute Gasteiger partial charge is 0.206 e. The summed E-state index contributed by atoms with van der Waals surface area (Å²) in [6.07, 6.45) is 0. The molecule has 156 valence electrons. The monoisotopic (exact) mass is 432 g/mol. The average molecular weight is 433 g/mol. The van der Waals surface area contributed by atoms with Crippen molar-refractivity contribution in [1.82, 2.24) is 0 Å². The maximum absolute atomic E-state index is 12.9. The first-order valence-corrected chi connectivity index (χ1v) is 10.9. The van der Waals surface area contributed by atoms with Gasteiger partial charge in [-0.15, -0.1) is 0 Å². The van der Waals surface area contributed by atoms with E-state index < -0.39 is 9.84 Å². The molecule has 0 atom stereocenters. The number of ether oxygens (including phenoxy) is 2. The summed E-state index contributed by atoms with van der Waals surface area (Å²) in [6, 6.07) is 26.5. The highest BCUT2D eigenvalue weighted by Crippen LogP contribution is 2.29. The quantitative estimate of drug-likeness (QED) is 0.402. The van der Waals surface area contributed by atoms with Crippen LogP contribution in [0.5, 0.6) is 23.0 Å². The minimum atomic E-state index is -3.68. The molecular formula is C24H20N2O4S. The summed E-state index contributed by atoms with van der Waals surface area (Å²) in [5, 5.41) is 0. The van der Waals surface area contributed by atoms with E-state index in [1.807, 2.05) is 0 Å². The van der Waals surface area contributed by atoms with Crippen molar-refractivity contribution >= 4 is 21.2 Å². The van der Waals surface area contributed by atoms with Crippen molar-refractivity contribution in [3.05, 3.63) is 97.1 Å². The average Bonchev–Trinajstić information content (AvgIpc) is 2.75. The van der Waals surface area contributed by atoms with Gasteiger partial charge < -0.3 is 20.9 Å². The molecular weight excluding hydrogens is 412 g/mol. The minimum Gasteiger partial charge on any atom is -0.457 e. The van der Waals surface area contributed by atoms with Gasteiger partial charge in [-0.1, -0.05) is 12.1 Å². The largest absolute Gasteiger partial charge is 0.457 e. The Morgan fingerprint density at radius 2 is 0.903 bits per heavy atom. The lowest BCUT2D eigenvalue weighted by atomic mass is 10.3. The van der Waals surface area contributed by atoms with Crippen LogP contribution in [-0.2, 0) is 9.84 Å². The molecule has 0 aromatic heterocycles. The number of hydrogen-bond donors (Lipinski definition) is 2. The molecule has 4 N–H and O–H groups in total. The van der Waals surface area contributed by atoms with E-state index in [1.165, 1.54) is 24.3 Å². The van der Waals surface area contributed by atoms with Gasteiger partial charge >= 0.3 is 0 Å². The zero-order valence-electron chi connectivity index (χ0n) is 16.4. The van der Waals surface area contributed by atoms with Gasteiger partial charge in [0.15, 0.2) is 0 Å². The molecule has 0 unspecified atom stereocenters. The first-order chi connectivity index (χ1) is 14.9. The van der Waals surface area contributed by atoms with E-state index in [4.69, 9.17) is 20.9 Å². The third-order valence-corrected chi connectivity index (χ3v) is 6.24. The Hall–Kier alpha value is -3.97. The summed E-state index contributed by atoms with van der Waals surface area (Å²) in [7, 11) is -3.68. The summed E-state index contributed by atoms with van der Waals surface area (Å²) in [5.74, 6) is 2.17. The maximum Gasteiger partial charge on any atom is 0.206 e. The number of nitrogen functional groups attached to an aromatic ring is 2. The molecule has 4 rings (SSSR count). The Morgan fingerprint density at radius 1 is 0.516 bits per heavy atom. The molecule has 0 spiro atoms. The number of rotatable bonds is 6. The molecule has 0 heterocycles. The normalized spacial score (nSPS) is 11.1. The molecule has 31 heavy (non-hydrogen) atoms. The van der Waals surface area contributed by atoms with Gasteiger partial charge in [0, 0.05) is 23.5 Å². The fourth-order valence-electron chi connectivity index (χ4n) is 2.94. The molecule has 6 nitrogen and oxygen atoms in total. The van der Waals surface area contributed by atoms with Crippen LogP contribution in [0, 0.1) is 0 Å². The summed E-state index contributed by atoms with van der Waals surface area (Å²) >= 11 is 0. The van der Waals surface area contributed by atoms with Crippen LogP contribution in [0.15, 0.2) is 107 Å². The highest BCUT2D eigenvalue weighted by Gasteiger charge is 2.18. The standard InChI is InChI=1S/C24H20N2O4S/c25-17-3-1-5-21(15-17)29-19-7-11-23(12-8-19)31(27,28)24-13-9-20(10-14-24)30-22-6-2-4-18(26)16-22/h1-16H,25-26H2. The molecule has 0 aliphatic carbocycles. The van der Waals surface area contributed by atoms with Crippen molar-refractivity contribution in [2.24, 2.45) is 0 Å². The first-order valence-electron chi connectivity index (χ1n) is 9.42. The predicted octanol–water partition coefficient (Wildman–Crippen LogP) is 5.27. The number of benzene rings is 4. The Balaban J connectivity index is 1.50. The van der Waals surface area contributed by atoms with Gasteiger partial charge in [-0.3, -0.25) is 0 Å². The molecule has 0 amide bonds. The van der Waals surface area contributed by atoms with Crippen molar-refractivity contribution in [1.29, 1.82) is 0 Å². The van der Waals surface area contributed by atoms with Gasteiger partial charge in [0.05, 0.1) is 9.79 Å². The highest BCUT2D eigenvalue weighted by atomic mass is 32.2. The topological polar surface area (TPSA) is 105 Å². The van der Waals surface area contributed by atoms with Gasteiger partial charge in [0.25, 0.3) is 0 Å². The van der Waals surface area contributed by atoms with Gasteiger partial charge in [0.2, 0.25) is 9.84 Å². The molecule has 0 saturated carbocycles. The fraction of sp³-hybridized carbons (Fsp3) is 0. The Bertz CT molecular complexity index is 1210. The van der Waals surface area contributed by atoms with Crippen LogP contribution in [0.3, 0.4) is 0 Å². The molecule has 0 fully saturated rings. The Morgan fingerprint density at radius 3 is 1.26 bits per heavy atom. The first kappa shape index (κ1) is 20.3. The summed E-state index contributed by atoms with van der Waals surface area (Å²) < 4.78 is 37.3. The summed E-state index contributed by atoms with van der Waals surface area (Å²) in [5.41, 5.74) is 12.7. The van der Waals surface area contributed by atoms with Crippen molar-refractivity contribution in [3.8, 4) is 23.0 Å². The van der Waals surface area contributed by atoms with E-state index in [0.717, 1.165) is 0 Å². The molecule has 0 saturated heterocycles. The molecule has 0 bridgehead atoms. The molecule has 7 heteroatoms. The van der Waals surface area contributed by atoms with Crippen LogP contribution >= 0.6 is 0 Å². The number of sulfone groups is 1. The van der Waals surface area contributed by atoms with Crippen LogP contribution in [0.1, 0.15) is 0 Å². The van der Waals surface area contributed by atoms with E-state index in [1.54, 1.807) is 72.8 Å². The minimum absolute atomic E-state index is 0.164. The Kier molecular flexibility index (Phi) is 5.51. The van der Waals surface area contributed by atoms with E-state index >= 15 is 0 Å². The molecule has 0 aliphatic heterocycles. The van der Waals surface area contributed by atoms with E-state index in [-0.39, 0.29) is 9.79 Å². The van der Waals surface area contributed by atoms with Gasteiger partial charge in [-0.05, 0) is 72.8 Å². The van der Waals surface area contributed by atoms with Gasteiger partial charge in [-0.2, -0.15) is 0 Å². The van der Waals surface area contributed by atoms with Gasteiger partial charge in [-0.25, -0.2) is 8.42 Å². The zero-order chi connectivity index (χ0) is 21.8. The molecule has 0 radical (unpaired) electrons. The van der Waals surface area contributed by atoms with Crippen molar-refractivity contribution in [2.45, 2.75) is 9.79 Å². The van der Waals surface area contributed by atoms with Crippen molar-refractivity contribution < 1.29 is 17.9 Å². The fourth-order valence-corrected chi connectivity index (χ4v) is 4.20. The van der Waals surface area contributed by atoms with Crippen LogP contribution in [0.4, 0.5) is 11.4 Å². The second-order valence-corrected chi connectivity index (χ2v) is 8.75. The number of nitrogens with two attached hydrogens (primary N) is 2. The van der Waals surface area contributed by atoms with E-state index in [2.05, 4.69) is 0 Å². The highest BCUT2D eigenvalue weighted by molar-refractivity contribution is 7.91. The number of hydrogen-bond acceptors (Lipinski definition) is 6. The zero-order valence-corrected chi connectivity index (χ0v) is 17.3. The summed E-state index contributed by atoms with van der Waals surface area (Å²) in [6.45, 7) is 0. The van der Waals surface area contributed by atoms with Crippen molar-refractivity contribution in [2.75, 3.05) is 11.5 Å². The lowest BCUT2D eigenvalue weighted by Crippen LogP contribution is -2.01. The van der Waals surface area contributed by atoms with E-state index in [9.17, 15) is 8.42 Å². The van der Waals surface area contributed by atoms with Crippen molar-refractivity contribution in [3.63, 3.8) is 0 Å². The van der Waals surface area contributed by atoms with Gasteiger partial charge in [0.1, 0.15) is 23.0 Å². The Labute approximate surface area is 180 Å². The molecule has 4 aromatic rings. The van der Waals surface area contributed by atoms with Crippen LogP contribution < -0.4 is 20.9 Å². The second-order valence-electron chi connectivity index (χ2n) is 6.80. The van der Waals surface area contributed by atoms with Crippen LogP contribution in [0.25, 0.3) is 0 Å².